The van der Waals surface area contributed by atoms with E-state index in [2.05, 4.69) is 35.8 Å². The molecule has 2 rings (SSSR count). The lowest BCUT2D eigenvalue weighted by Gasteiger charge is -2.19. The van der Waals surface area contributed by atoms with Gasteiger partial charge in [-0.1, -0.05) is 32.9 Å². The van der Waals surface area contributed by atoms with Crippen molar-refractivity contribution in [2.24, 2.45) is 0 Å². The number of nitrogens with zero attached hydrogens (tertiary/aromatic N) is 2. The van der Waals surface area contributed by atoms with E-state index in [-0.39, 0.29) is 29.2 Å². The zero-order valence-corrected chi connectivity index (χ0v) is 18.5. The van der Waals surface area contributed by atoms with Crippen molar-refractivity contribution in [2.75, 3.05) is 25.5 Å². The van der Waals surface area contributed by atoms with Crippen LogP contribution in [0.4, 0.5) is 5.82 Å². The van der Waals surface area contributed by atoms with Gasteiger partial charge >= 0.3 is 0 Å². The van der Waals surface area contributed by atoms with Crippen LogP contribution in [0.5, 0.6) is 0 Å². The molecule has 0 unspecified atom stereocenters. The van der Waals surface area contributed by atoms with Gasteiger partial charge in [-0.25, -0.2) is 18.1 Å². The number of anilines is 1. The summed E-state index contributed by atoms with van der Waals surface area (Å²) in [6.07, 6.45) is 1.75. The fourth-order valence-corrected chi connectivity index (χ4v) is 3.65. The number of carbonyl (C=O) groups excluding carboxylic acids is 1. The third-order valence-corrected chi connectivity index (χ3v) is 5.91. The second-order valence-electron chi connectivity index (χ2n) is 8.12. The topological polar surface area (TPSA) is 91.4 Å². The second-order valence-corrected chi connectivity index (χ2v) is 9.88. The van der Waals surface area contributed by atoms with Gasteiger partial charge in [-0.05, 0) is 40.8 Å². The number of benzene rings is 1. The molecule has 1 aromatic heterocycles. The first-order valence-corrected chi connectivity index (χ1v) is 11.0. The summed E-state index contributed by atoms with van der Waals surface area (Å²) in [5.74, 6) is 0.584. The van der Waals surface area contributed by atoms with Gasteiger partial charge in [0.15, 0.2) is 0 Å². The zero-order chi connectivity index (χ0) is 21.7. The van der Waals surface area contributed by atoms with Crippen LogP contribution < -0.4 is 14.9 Å². The number of amides is 1. The Balaban J connectivity index is 1.84. The van der Waals surface area contributed by atoms with Gasteiger partial charge in [-0.3, -0.25) is 4.79 Å². The summed E-state index contributed by atoms with van der Waals surface area (Å²) in [4.78, 5) is 18.3. The molecule has 7 nitrogen and oxygen atoms in total. The van der Waals surface area contributed by atoms with Gasteiger partial charge in [-0.15, -0.1) is 0 Å². The third kappa shape index (κ3) is 6.83. The minimum atomic E-state index is -3.64. The van der Waals surface area contributed by atoms with Gasteiger partial charge in [0.05, 0.1) is 4.90 Å². The van der Waals surface area contributed by atoms with E-state index in [9.17, 15) is 13.2 Å². The predicted molar refractivity (Wildman–Crippen MR) is 115 cm³/mol. The molecule has 0 aliphatic carbocycles. The molecule has 1 heterocycles. The molecule has 0 saturated heterocycles. The molecule has 0 bridgehead atoms. The van der Waals surface area contributed by atoms with Crippen molar-refractivity contribution in [3.8, 4) is 0 Å². The fourth-order valence-electron chi connectivity index (χ4n) is 2.62. The Kier molecular flexibility index (Phi) is 7.37. The molecule has 0 aliphatic heterocycles. The average Bonchev–Trinajstić information content (AvgIpc) is 2.66. The van der Waals surface area contributed by atoms with E-state index in [0.717, 1.165) is 16.9 Å². The predicted octanol–water partition coefficient (Wildman–Crippen LogP) is 2.43. The van der Waals surface area contributed by atoms with Crippen molar-refractivity contribution in [3.05, 3.63) is 53.7 Å². The molecule has 1 aromatic carbocycles. The number of sulfonamides is 1. The van der Waals surface area contributed by atoms with Crippen LogP contribution >= 0.6 is 0 Å². The number of hydrogen-bond acceptors (Lipinski definition) is 5. The quantitative estimate of drug-likeness (QED) is 0.687. The summed E-state index contributed by atoms with van der Waals surface area (Å²) in [6.45, 7) is 6.61. The molecule has 29 heavy (non-hydrogen) atoms. The summed E-state index contributed by atoms with van der Waals surface area (Å²) >= 11 is 0. The van der Waals surface area contributed by atoms with Crippen LogP contribution in [0.25, 0.3) is 0 Å². The van der Waals surface area contributed by atoms with E-state index in [1.807, 2.05) is 43.3 Å². The number of pyridine rings is 1. The Morgan fingerprint density at radius 1 is 1.10 bits per heavy atom. The molecule has 2 N–H and O–H groups in total. The fraction of sp³-hybridized carbons (Fsp3) is 0.429. The Labute approximate surface area is 173 Å². The normalized spacial score (nSPS) is 11.9. The van der Waals surface area contributed by atoms with Crippen LogP contribution in [0, 0.1) is 0 Å². The first-order valence-electron chi connectivity index (χ1n) is 9.48. The molecule has 8 heteroatoms. The number of nitrogens with one attached hydrogen (secondary N) is 2. The van der Waals surface area contributed by atoms with Crippen molar-refractivity contribution in [3.63, 3.8) is 0 Å². The smallest absolute Gasteiger partial charge is 0.240 e. The number of carbonyl (C=O) groups is 1. The van der Waals surface area contributed by atoms with E-state index in [0.29, 0.717) is 6.54 Å². The van der Waals surface area contributed by atoms with Gasteiger partial charge in [0.2, 0.25) is 15.9 Å². The van der Waals surface area contributed by atoms with Gasteiger partial charge < -0.3 is 10.2 Å². The lowest BCUT2D eigenvalue weighted by atomic mass is 9.87. The van der Waals surface area contributed by atoms with Crippen molar-refractivity contribution < 1.29 is 13.2 Å². The molecule has 0 radical (unpaired) electrons. The maximum absolute atomic E-state index is 12.4. The lowest BCUT2D eigenvalue weighted by molar-refractivity contribution is -0.121. The first kappa shape index (κ1) is 22.8. The molecule has 1 amide bonds. The van der Waals surface area contributed by atoms with E-state index in [1.54, 1.807) is 18.3 Å². The van der Waals surface area contributed by atoms with Gasteiger partial charge in [0.25, 0.3) is 0 Å². The van der Waals surface area contributed by atoms with Crippen LogP contribution in [0.2, 0.25) is 0 Å². The minimum Gasteiger partial charge on any atom is -0.363 e. The summed E-state index contributed by atoms with van der Waals surface area (Å²) in [5.41, 5.74) is 1.94. The average molecular weight is 419 g/mol. The van der Waals surface area contributed by atoms with Crippen LogP contribution in [0.15, 0.2) is 47.5 Å². The van der Waals surface area contributed by atoms with Gasteiger partial charge in [0, 0.05) is 39.8 Å². The monoisotopic (exact) mass is 418 g/mol. The summed E-state index contributed by atoms with van der Waals surface area (Å²) in [5, 5.41) is 2.80. The van der Waals surface area contributed by atoms with Crippen LogP contribution in [-0.2, 0) is 26.8 Å². The summed E-state index contributed by atoms with van der Waals surface area (Å²) < 4.78 is 27.3. The van der Waals surface area contributed by atoms with Crippen LogP contribution in [0.1, 0.15) is 38.3 Å². The summed E-state index contributed by atoms with van der Waals surface area (Å²) in [6, 6.07) is 10.5. The van der Waals surface area contributed by atoms with Gasteiger partial charge in [-0.2, -0.15) is 0 Å². The number of rotatable bonds is 8. The summed E-state index contributed by atoms with van der Waals surface area (Å²) in [7, 11) is 0.148. The Bertz CT molecular complexity index is 933. The van der Waals surface area contributed by atoms with E-state index in [4.69, 9.17) is 0 Å². The van der Waals surface area contributed by atoms with Crippen LogP contribution in [-0.4, -0.2) is 39.9 Å². The van der Waals surface area contributed by atoms with Gasteiger partial charge in [0.1, 0.15) is 5.82 Å². The molecule has 0 saturated carbocycles. The Morgan fingerprint density at radius 2 is 1.76 bits per heavy atom. The van der Waals surface area contributed by atoms with Crippen LogP contribution in [0.3, 0.4) is 0 Å². The maximum Gasteiger partial charge on any atom is 0.240 e. The molecule has 0 spiro atoms. The Hall–Kier alpha value is -2.45. The highest BCUT2D eigenvalue weighted by Gasteiger charge is 2.17. The Morgan fingerprint density at radius 3 is 2.34 bits per heavy atom. The van der Waals surface area contributed by atoms with E-state index >= 15 is 0 Å². The largest absolute Gasteiger partial charge is 0.363 e. The molecule has 2 aromatic rings. The molecule has 0 aliphatic rings. The molecular formula is C21H30N4O3S. The van der Waals surface area contributed by atoms with Crippen molar-refractivity contribution in [1.29, 1.82) is 0 Å². The molecule has 0 atom stereocenters. The second kappa shape index (κ2) is 9.37. The standard InChI is InChI=1S/C21H30N4O3S/c1-21(2,3)17-6-8-18(9-7-17)29(27,28)24-13-11-20(26)23-15-16-10-12-22-19(14-16)25(4)5/h6-10,12,14,24H,11,13,15H2,1-5H3,(H,23,26). The first-order chi connectivity index (χ1) is 13.5. The molecular weight excluding hydrogens is 388 g/mol. The highest BCUT2D eigenvalue weighted by Crippen LogP contribution is 2.23. The van der Waals surface area contributed by atoms with Crippen molar-refractivity contribution >= 4 is 21.7 Å². The molecule has 158 valence electrons. The minimum absolute atomic E-state index is 0.0362. The maximum atomic E-state index is 12.4. The van der Waals surface area contributed by atoms with E-state index < -0.39 is 10.0 Å². The SMILES string of the molecule is CN(C)c1cc(CNC(=O)CCNS(=O)(=O)c2ccc(C(C)(C)C)cc2)ccn1. The number of hydrogen-bond donors (Lipinski definition) is 2. The number of aromatic nitrogens is 1. The third-order valence-electron chi connectivity index (χ3n) is 4.43. The highest BCUT2D eigenvalue weighted by molar-refractivity contribution is 7.89. The van der Waals surface area contributed by atoms with Crippen molar-refractivity contribution in [1.82, 2.24) is 15.0 Å². The highest BCUT2D eigenvalue weighted by atomic mass is 32.2. The zero-order valence-electron chi connectivity index (χ0n) is 17.7. The lowest BCUT2D eigenvalue weighted by Crippen LogP contribution is -2.30. The van der Waals surface area contributed by atoms with E-state index in [1.165, 1.54) is 0 Å². The molecule has 0 fully saturated rings. The van der Waals surface area contributed by atoms with Crippen molar-refractivity contribution in [2.45, 2.75) is 44.0 Å².